The molecule has 1 aliphatic heterocycles. The average molecular weight is 411 g/mol. The first-order chi connectivity index (χ1) is 14.4. The van der Waals surface area contributed by atoms with Gasteiger partial charge in [-0.05, 0) is 31.5 Å². The molecule has 2 atom stereocenters. The third-order valence-corrected chi connectivity index (χ3v) is 4.87. The van der Waals surface area contributed by atoms with Crippen LogP contribution in [-0.4, -0.2) is 46.5 Å². The largest absolute Gasteiger partial charge is 0.394 e. The molecule has 10 nitrogen and oxygen atoms in total. The second-order valence-electron chi connectivity index (χ2n) is 6.84. The monoisotopic (exact) mass is 411 g/mol. The molecule has 2 aromatic rings. The number of carbonyl (C=O) groups excluding carboxylic acids is 2. The number of nitrogens with one attached hydrogen (secondary N) is 2. The van der Waals surface area contributed by atoms with Crippen molar-refractivity contribution in [2.24, 2.45) is 17.4 Å². The summed E-state index contributed by atoms with van der Waals surface area (Å²) >= 11 is 0. The van der Waals surface area contributed by atoms with E-state index in [-0.39, 0.29) is 12.5 Å². The molecule has 1 aromatic carbocycles. The van der Waals surface area contributed by atoms with Crippen molar-refractivity contribution in [1.82, 2.24) is 9.97 Å². The summed E-state index contributed by atoms with van der Waals surface area (Å²) in [5.41, 5.74) is 15.3. The third kappa shape index (κ3) is 3.95. The lowest BCUT2D eigenvalue weighted by molar-refractivity contribution is -0.130. The van der Waals surface area contributed by atoms with Crippen molar-refractivity contribution in [2.45, 2.75) is 20.0 Å². The quantitative estimate of drug-likeness (QED) is 0.406. The van der Waals surface area contributed by atoms with Gasteiger partial charge < -0.3 is 31.6 Å². The first kappa shape index (κ1) is 21.2. The highest BCUT2D eigenvalue weighted by Crippen LogP contribution is 2.37. The Kier molecular flexibility index (Phi) is 6.28. The van der Waals surface area contributed by atoms with Gasteiger partial charge in [0.2, 0.25) is 5.95 Å². The summed E-state index contributed by atoms with van der Waals surface area (Å²) in [4.78, 5) is 33.6. The van der Waals surface area contributed by atoms with Crippen molar-refractivity contribution in [3.8, 4) is 0 Å². The predicted molar refractivity (Wildman–Crippen MR) is 114 cm³/mol. The van der Waals surface area contributed by atoms with E-state index >= 15 is 0 Å². The molecule has 1 aliphatic rings. The molecule has 10 heteroatoms. The van der Waals surface area contributed by atoms with Gasteiger partial charge in [0.05, 0.1) is 28.7 Å². The van der Waals surface area contributed by atoms with Crippen LogP contribution in [0.5, 0.6) is 0 Å². The van der Waals surface area contributed by atoms with Gasteiger partial charge in [-0.2, -0.15) is 0 Å². The lowest BCUT2D eigenvalue weighted by Crippen LogP contribution is -2.39. The highest BCUT2D eigenvalue weighted by atomic mass is 16.3. The first-order valence-corrected chi connectivity index (χ1v) is 9.52. The zero-order valence-electron chi connectivity index (χ0n) is 16.8. The second kappa shape index (κ2) is 8.89. The molecule has 0 radical (unpaired) electrons. The SMILES string of the molecule is CCN1/C(=C(\N)c2nc(NC(=O)[C@@H](O)[C@@H](C=O)CN)ncc2C)Nc2ccccc21. The fraction of sp³-hybridized carbons (Fsp3) is 0.300. The molecule has 30 heavy (non-hydrogen) atoms. The van der Waals surface area contributed by atoms with Crippen LogP contribution in [0.1, 0.15) is 18.2 Å². The van der Waals surface area contributed by atoms with Gasteiger partial charge in [-0.25, -0.2) is 9.97 Å². The molecule has 7 N–H and O–H groups in total. The molecular formula is C20H25N7O3. The summed E-state index contributed by atoms with van der Waals surface area (Å²) in [7, 11) is 0. The van der Waals surface area contributed by atoms with E-state index < -0.39 is 17.9 Å². The summed E-state index contributed by atoms with van der Waals surface area (Å²) in [6.45, 7) is 4.35. The molecule has 3 rings (SSSR count). The van der Waals surface area contributed by atoms with Crippen molar-refractivity contribution < 1.29 is 14.7 Å². The van der Waals surface area contributed by atoms with Gasteiger partial charge in [0.1, 0.15) is 18.2 Å². The van der Waals surface area contributed by atoms with E-state index in [0.29, 0.717) is 35.6 Å². The van der Waals surface area contributed by atoms with Gasteiger partial charge in [-0.3, -0.25) is 10.1 Å². The Labute approximate surface area is 174 Å². The molecule has 0 fully saturated rings. The van der Waals surface area contributed by atoms with Crippen LogP contribution in [-0.2, 0) is 9.59 Å². The summed E-state index contributed by atoms with van der Waals surface area (Å²) in [6, 6.07) is 7.83. The van der Waals surface area contributed by atoms with E-state index in [1.807, 2.05) is 36.1 Å². The van der Waals surface area contributed by atoms with E-state index in [2.05, 4.69) is 20.6 Å². The maximum Gasteiger partial charge on any atom is 0.256 e. The number of nitrogens with zero attached hydrogens (tertiary/aromatic N) is 3. The summed E-state index contributed by atoms with van der Waals surface area (Å²) in [5.74, 6) is -1.19. The van der Waals surface area contributed by atoms with Gasteiger partial charge in [-0.1, -0.05) is 12.1 Å². The molecule has 1 aromatic heterocycles. The number of hydrogen-bond acceptors (Lipinski definition) is 9. The van der Waals surface area contributed by atoms with Crippen molar-refractivity contribution in [2.75, 3.05) is 28.6 Å². The number of aliphatic hydroxyl groups excluding tert-OH is 1. The third-order valence-electron chi connectivity index (χ3n) is 4.87. The zero-order valence-corrected chi connectivity index (χ0v) is 16.8. The molecule has 2 heterocycles. The fourth-order valence-electron chi connectivity index (χ4n) is 3.20. The Bertz CT molecular complexity index is 992. The van der Waals surface area contributed by atoms with Crippen LogP contribution in [0.25, 0.3) is 5.70 Å². The fourth-order valence-corrected chi connectivity index (χ4v) is 3.20. The number of amides is 1. The minimum absolute atomic E-state index is 0.0385. The highest BCUT2D eigenvalue weighted by molar-refractivity contribution is 5.94. The number of aldehydes is 1. The van der Waals surface area contributed by atoms with E-state index in [1.54, 1.807) is 6.92 Å². The molecule has 0 saturated heterocycles. The Morgan fingerprint density at radius 2 is 2.13 bits per heavy atom. The number of anilines is 3. The highest BCUT2D eigenvalue weighted by Gasteiger charge is 2.27. The summed E-state index contributed by atoms with van der Waals surface area (Å²) < 4.78 is 0. The molecule has 1 amide bonds. The van der Waals surface area contributed by atoms with E-state index in [0.717, 1.165) is 11.4 Å². The average Bonchev–Trinajstić information content (AvgIpc) is 3.14. The molecule has 0 spiro atoms. The van der Waals surface area contributed by atoms with Crippen molar-refractivity contribution in [3.05, 3.63) is 47.5 Å². The number of nitrogens with two attached hydrogens (primary N) is 2. The van der Waals surface area contributed by atoms with Crippen LogP contribution in [0, 0.1) is 12.8 Å². The summed E-state index contributed by atoms with van der Waals surface area (Å²) in [5, 5.41) is 15.7. The second-order valence-corrected chi connectivity index (χ2v) is 6.84. The lowest BCUT2D eigenvalue weighted by atomic mass is 10.0. The van der Waals surface area contributed by atoms with Crippen LogP contribution < -0.4 is 27.0 Å². The van der Waals surface area contributed by atoms with Gasteiger partial charge in [0, 0.05) is 19.3 Å². The van der Waals surface area contributed by atoms with Crippen LogP contribution in [0.15, 0.2) is 36.3 Å². The number of para-hydroxylation sites is 2. The van der Waals surface area contributed by atoms with Crippen LogP contribution in [0.3, 0.4) is 0 Å². The smallest absolute Gasteiger partial charge is 0.256 e. The molecule has 158 valence electrons. The van der Waals surface area contributed by atoms with Crippen molar-refractivity contribution >= 4 is 35.2 Å². The Hall–Kier alpha value is -3.50. The van der Waals surface area contributed by atoms with Gasteiger partial charge in [-0.15, -0.1) is 0 Å². The lowest BCUT2D eigenvalue weighted by Gasteiger charge is -2.20. The minimum Gasteiger partial charge on any atom is -0.394 e. The maximum absolute atomic E-state index is 12.2. The zero-order chi connectivity index (χ0) is 21.8. The van der Waals surface area contributed by atoms with Crippen LogP contribution >= 0.6 is 0 Å². The number of carbonyl (C=O) groups is 2. The Morgan fingerprint density at radius 1 is 1.40 bits per heavy atom. The van der Waals surface area contributed by atoms with E-state index in [4.69, 9.17) is 11.5 Å². The molecular weight excluding hydrogens is 386 g/mol. The van der Waals surface area contributed by atoms with E-state index in [9.17, 15) is 14.7 Å². The maximum atomic E-state index is 12.2. The number of fused-ring (bicyclic) bond motifs is 1. The standard InChI is InChI=1S/C20H25N7O3/c1-3-27-14-7-5-4-6-13(14)24-18(27)15(22)16-11(2)9-23-20(25-16)26-19(30)17(29)12(8-21)10-28/h4-7,9-10,12,17,24,29H,3,8,21-22H2,1-2H3,(H,23,25,26,30)/b18-15-/t12-,17+/m1/s1. The van der Waals surface area contributed by atoms with Gasteiger partial charge in [0.25, 0.3) is 5.91 Å². The Morgan fingerprint density at radius 3 is 2.80 bits per heavy atom. The number of aliphatic hydroxyl groups is 1. The molecule has 0 saturated carbocycles. The number of rotatable bonds is 7. The summed E-state index contributed by atoms with van der Waals surface area (Å²) in [6.07, 6.45) is 0.366. The number of hydrogen-bond donors (Lipinski definition) is 5. The first-order valence-electron chi connectivity index (χ1n) is 9.52. The molecule has 0 aliphatic carbocycles. The van der Waals surface area contributed by atoms with Gasteiger partial charge >= 0.3 is 0 Å². The van der Waals surface area contributed by atoms with Gasteiger partial charge in [0.15, 0.2) is 0 Å². The molecule has 0 bridgehead atoms. The topological polar surface area (TPSA) is 159 Å². The van der Waals surface area contributed by atoms with Crippen molar-refractivity contribution in [3.63, 3.8) is 0 Å². The number of aromatic nitrogens is 2. The Balaban J connectivity index is 1.91. The minimum atomic E-state index is -1.60. The van der Waals surface area contributed by atoms with Crippen molar-refractivity contribution in [1.29, 1.82) is 0 Å². The number of aryl methyl sites for hydroxylation is 1. The number of benzene rings is 1. The van der Waals surface area contributed by atoms with Crippen LogP contribution in [0.2, 0.25) is 0 Å². The normalized spacial score (nSPS) is 16.3. The van der Waals surface area contributed by atoms with Crippen LogP contribution in [0.4, 0.5) is 17.3 Å². The molecule has 0 unspecified atom stereocenters. The van der Waals surface area contributed by atoms with E-state index in [1.165, 1.54) is 6.20 Å². The predicted octanol–water partition coefficient (Wildman–Crippen LogP) is 0.395.